The third kappa shape index (κ3) is 8.09. The lowest BCUT2D eigenvalue weighted by Gasteiger charge is -2.25. The minimum atomic E-state index is -1.58. The second-order valence-electron chi connectivity index (χ2n) is 5.00. The van der Waals surface area contributed by atoms with E-state index in [1.807, 2.05) is 0 Å². The first kappa shape index (κ1) is 18.8. The largest absolute Gasteiger partial charge is 0.463 e. The van der Waals surface area contributed by atoms with Gasteiger partial charge in [0, 0.05) is 6.08 Å². The fourth-order valence-electron chi connectivity index (χ4n) is 1.70. The molecule has 0 saturated heterocycles. The average Bonchev–Trinajstić information content (AvgIpc) is 2.39. The lowest BCUT2D eigenvalue weighted by atomic mass is 10.4. The molecule has 0 aliphatic heterocycles. The Hall–Kier alpha value is -1.18. The molecule has 0 aliphatic carbocycles. The van der Waals surface area contributed by atoms with Gasteiger partial charge in [0.2, 0.25) is 8.32 Å². The quantitative estimate of drug-likeness (QED) is 0.476. The van der Waals surface area contributed by atoms with Gasteiger partial charge in [-0.3, -0.25) is 0 Å². The monoisotopic (exact) mass is 310 g/mol. The van der Waals surface area contributed by atoms with E-state index in [9.17, 15) is 4.79 Å². The number of carbonyl (C=O) groups excluding carboxylic acids is 1. The summed E-state index contributed by atoms with van der Waals surface area (Å²) in [5, 5.41) is 1.40. The van der Waals surface area contributed by atoms with Gasteiger partial charge in [-0.25, -0.2) is 4.79 Å². The number of esters is 1. The van der Waals surface area contributed by atoms with Gasteiger partial charge in [-0.2, -0.15) is 0 Å². The molecule has 0 amide bonds. The number of ether oxygens (including phenoxy) is 1. The first-order chi connectivity index (χ1) is 9.33. The Morgan fingerprint density at radius 2 is 1.85 bits per heavy atom. The number of benzene rings is 1. The van der Waals surface area contributed by atoms with E-state index in [2.05, 4.69) is 67.8 Å². The van der Waals surface area contributed by atoms with Crippen LogP contribution in [-0.2, 0) is 13.6 Å². The van der Waals surface area contributed by atoms with Gasteiger partial charge in [-0.15, -0.1) is 0 Å². The van der Waals surface area contributed by atoms with Crippen molar-refractivity contribution in [3.8, 4) is 0 Å². The molecule has 1 rings (SSSR count). The van der Waals surface area contributed by atoms with Gasteiger partial charge in [-0.1, -0.05) is 36.9 Å². The second kappa shape index (κ2) is 9.68. The fourth-order valence-corrected chi connectivity index (χ4v) is 7.95. The average molecular weight is 311 g/mol. The lowest BCUT2D eigenvalue weighted by Crippen LogP contribution is -2.47. The van der Waals surface area contributed by atoms with Crippen LogP contribution in [-0.4, -0.2) is 29.9 Å². The van der Waals surface area contributed by atoms with Gasteiger partial charge < -0.3 is 8.85 Å². The molecule has 1 aromatic carbocycles. The normalized spacial score (nSPS) is 10.5. The van der Waals surface area contributed by atoms with Crippen LogP contribution in [0.15, 0.2) is 43.0 Å². The first-order valence-electron chi connectivity index (χ1n) is 6.86. The van der Waals surface area contributed by atoms with E-state index < -0.39 is 17.4 Å². The van der Waals surface area contributed by atoms with E-state index in [-0.39, 0.29) is 5.97 Å². The van der Waals surface area contributed by atoms with Crippen LogP contribution in [0, 0.1) is 0 Å². The van der Waals surface area contributed by atoms with Crippen LogP contribution in [0.25, 0.3) is 0 Å². The van der Waals surface area contributed by atoms with Crippen molar-refractivity contribution in [2.24, 2.45) is 0 Å². The molecule has 5 heteroatoms. The van der Waals surface area contributed by atoms with Crippen LogP contribution in [0.1, 0.15) is 6.92 Å². The molecule has 0 spiro atoms. The molecule has 3 nitrogen and oxygen atoms in total. The van der Waals surface area contributed by atoms with Gasteiger partial charge in [-0.05, 0) is 38.3 Å². The van der Waals surface area contributed by atoms with E-state index in [1.165, 1.54) is 5.19 Å². The fraction of sp³-hybridized carbons (Fsp3) is 0.400. The Kier molecular flexibility index (Phi) is 9.11. The summed E-state index contributed by atoms with van der Waals surface area (Å²) in [6.45, 7) is 14.4. The van der Waals surface area contributed by atoms with Crippen LogP contribution in [0.5, 0.6) is 0 Å². The zero-order valence-corrected chi connectivity index (χ0v) is 15.3. The minimum absolute atomic E-state index is 0.359. The topological polar surface area (TPSA) is 35.5 Å². The van der Waals surface area contributed by atoms with Crippen molar-refractivity contribution in [2.45, 2.75) is 33.1 Å². The van der Waals surface area contributed by atoms with Crippen LogP contribution in [0.2, 0.25) is 26.2 Å². The van der Waals surface area contributed by atoms with E-state index >= 15 is 0 Å². The summed E-state index contributed by atoms with van der Waals surface area (Å²) in [6.07, 6.45) is 1.14. The molecule has 1 aromatic rings. The highest BCUT2D eigenvalue weighted by Crippen LogP contribution is 2.06. The smallest absolute Gasteiger partial charge is 0.330 e. The molecule has 0 aliphatic rings. The number of rotatable bonds is 5. The molecule has 0 atom stereocenters. The zero-order chi connectivity index (χ0) is 15.6. The molecular formula is C15H26O3Si2. The highest BCUT2D eigenvalue weighted by atomic mass is 28.4. The SMILES string of the molecule is C=CC(=O)OCC.C[SiH](C)O[Si](C)(C)c1ccccc1. The van der Waals surface area contributed by atoms with Gasteiger partial charge in [0.05, 0.1) is 6.61 Å². The molecule has 0 fully saturated rings. The van der Waals surface area contributed by atoms with Gasteiger partial charge in [0.1, 0.15) is 0 Å². The molecule has 0 radical (unpaired) electrons. The van der Waals surface area contributed by atoms with Crippen LogP contribution in [0.4, 0.5) is 0 Å². The Labute approximate surface area is 125 Å². The van der Waals surface area contributed by atoms with Crippen molar-refractivity contribution in [3.05, 3.63) is 43.0 Å². The minimum Gasteiger partial charge on any atom is -0.463 e. The van der Waals surface area contributed by atoms with Gasteiger partial charge in [0.15, 0.2) is 9.04 Å². The predicted molar refractivity (Wildman–Crippen MR) is 90.4 cm³/mol. The molecule has 0 aromatic heterocycles. The predicted octanol–water partition coefficient (Wildman–Crippen LogP) is 2.83. The van der Waals surface area contributed by atoms with E-state index in [4.69, 9.17) is 4.12 Å². The van der Waals surface area contributed by atoms with Gasteiger partial charge >= 0.3 is 5.97 Å². The Morgan fingerprint density at radius 1 is 1.30 bits per heavy atom. The van der Waals surface area contributed by atoms with E-state index in [0.29, 0.717) is 6.61 Å². The van der Waals surface area contributed by atoms with Crippen molar-refractivity contribution in [1.29, 1.82) is 0 Å². The first-order valence-corrected chi connectivity index (χ1v) is 12.5. The molecule has 0 saturated carbocycles. The molecule has 0 unspecified atom stereocenters. The molecule has 0 N–H and O–H groups in total. The summed E-state index contributed by atoms with van der Waals surface area (Å²) in [5.41, 5.74) is 0. The zero-order valence-electron chi connectivity index (χ0n) is 13.2. The Balaban J connectivity index is 0.000000441. The van der Waals surface area contributed by atoms with Crippen molar-refractivity contribution in [3.63, 3.8) is 0 Å². The number of carbonyl (C=O) groups is 1. The molecule has 0 bridgehead atoms. The lowest BCUT2D eigenvalue weighted by molar-refractivity contribution is -0.137. The number of hydrogen-bond donors (Lipinski definition) is 0. The summed E-state index contributed by atoms with van der Waals surface area (Å²) in [7, 11) is -2.48. The Morgan fingerprint density at radius 3 is 2.20 bits per heavy atom. The third-order valence-corrected chi connectivity index (χ3v) is 8.42. The summed E-state index contributed by atoms with van der Waals surface area (Å²) in [6, 6.07) is 10.6. The highest BCUT2D eigenvalue weighted by molar-refractivity contribution is 6.88. The summed E-state index contributed by atoms with van der Waals surface area (Å²) >= 11 is 0. The van der Waals surface area contributed by atoms with Crippen LogP contribution >= 0.6 is 0 Å². The number of hydrogen-bond acceptors (Lipinski definition) is 3. The van der Waals surface area contributed by atoms with Crippen molar-refractivity contribution in [2.75, 3.05) is 6.61 Å². The molecule has 112 valence electrons. The van der Waals surface area contributed by atoms with E-state index in [0.717, 1.165) is 6.08 Å². The maximum absolute atomic E-state index is 10.1. The summed E-state index contributed by atoms with van der Waals surface area (Å²) < 4.78 is 10.5. The third-order valence-electron chi connectivity index (χ3n) is 2.45. The highest BCUT2D eigenvalue weighted by Gasteiger charge is 2.25. The van der Waals surface area contributed by atoms with E-state index in [1.54, 1.807) is 6.92 Å². The van der Waals surface area contributed by atoms with Crippen molar-refractivity contribution in [1.82, 2.24) is 0 Å². The maximum atomic E-state index is 10.1. The molecule has 20 heavy (non-hydrogen) atoms. The summed E-state index contributed by atoms with van der Waals surface area (Å²) in [4.78, 5) is 10.1. The Bertz CT molecular complexity index is 403. The molecular weight excluding hydrogens is 284 g/mol. The summed E-state index contributed by atoms with van der Waals surface area (Å²) in [5.74, 6) is -0.359. The van der Waals surface area contributed by atoms with Crippen molar-refractivity contribution >= 4 is 28.5 Å². The van der Waals surface area contributed by atoms with Crippen molar-refractivity contribution < 1.29 is 13.6 Å². The van der Waals surface area contributed by atoms with Crippen LogP contribution < -0.4 is 5.19 Å². The molecule has 0 heterocycles. The second-order valence-corrected chi connectivity index (χ2v) is 11.6. The van der Waals surface area contributed by atoms with Gasteiger partial charge in [0.25, 0.3) is 0 Å². The standard InChI is InChI=1S/C10H18OSi2.C5H8O2/c1-12(2)11-13(3,4)10-8-6-5-7-9-10;1-3-5(6)7-4-2/h5-9,12H,1-4H3;3H,1,4H2,2H3. The van der Waals surface area contributed by atoms with Crippen LogP contribution in [0.3, 0.4) is 0 Å². The maximum Gasteiger partial charge on any atom is 0.330 e.